The van der Waals surface area contributed by atoms with Crippen LogP contribution in [0.3, 0.4) is 0 Å². The first-order valence-corrected chi connectivity index (χ1v) is 5.65. The zero-order valence-corrected chi connectivity index (χ0v) is 10.1. The van der Waals surface area contributed by atoms with Crippen molar-refractivity contribution >= 4 is 17.5 Å². The Bertz CT molecular complexity index is 566. The van der Waals surface area contributed by atoms with Crippen molar-refractivity contribution in [3.8, 4) is 10.9 Å². The van der Waals surface area contributed by atoms with E-state index in [1.54, 1.807) is 26.0 Å². The summed E-state index contributed by atoms with van der Waals surface area (Å²) in [4.78, 5) is 14.8. The molecule has 6 heteroatoms. The molecule has 0 saturated heterocycles. The number of benzene rings is 1. The molecule has 0 unspecified atom stereocenters. The number of aromatic nitrogens is 2. The Balaban J connectivity index is 2.25. The van der Waals surface area contributed by atoms with Gasteiger partial charge in [0, 0.05) is 11.5 Å². The number of carbonyl (C=O) groups is 1. The zero-order chi connectivity index (χ0) is 12.4. The van der Waals surface area contributed by atoms with Crippen LogP contribution in [0.15, 0.2) is 18.2 Å². The molecule has 0 amide bonds. The van der Waals surface area contributed by atoms with Crippen LogP contribution in [0, 0.1) is 13.8 Å². The summed E-state index contributed by atoms with van der Waals surface area (Å²) in [7, 11) is 0. The van der Waals surface area contributed by atoms with Crippen LogP contribution in [-0.2, 0) is 0 Å². The smallest absolute Gasteiger partial charge is 0.335 e. The number of aromatic carboxylic acids is 1. The first-order valence-electron chi connectivity index (χ1n) is 4.88. The number of rotatable bonds is 3. The quantitative estimate of drug-likeness (QED) is 0.906. The third-order valence-corrected chi connectivity index (χ3v) is 2.81. The predicted molar refractivity (Wildman–Crippen MR) is 62.9 cm³/mol. The summed E-state index contributed by atoms with van der Waals surface area (Å²) in [6, 6.07) is 4.68. The lowest BCUT2D eigenvalue weighted by Crippen LogP contribution is -1.97. The van der Waals surface area contributed by atoms with E-state index in [1.807, 2.05) is 0 Å². The van der Waals surface area contributed by atoms with Crippen LogP contribution < -0.4 is 4.74 Å². The molecule has 1 N–H and O–H groups in total. The van der Waals surface area contributed by atoms with Gasteiger partial charge in [-0.1, -0.05) is 0 Å². The normalized spacial score (nSPS) is 10.2. The Morgan fingerprint density at radius 3 is 2.71 bits per heavy atom. The Labute approximate surface area is 102 Å². The van der Waals surface area contributed by atoms with Crippen molar-refractivity contribution in [3.63, 3.8) is 0 Å². The predicted octanol–water partition coefficient (Wildman–Crippen LogP) is 2.65. The highest BCUT2D eigenvalue weighted by Crippen LogP contribution is 2.26. The number of ether oxygens (including phenoxy) is 1. The van der Waals surface area contributed by atoms with Gasteiger partial charge in [-0.25, -0.2) is 4.79 Å². The standard InChI is InChI=1S/C11H10N2O3S/c1-6-5-8(10(14)15)3-4-9(6)16-11-12-7(2)13-17-11/h3-5H,1-2H3,(H,14,15). The number of nitrogens with zero attached hydrogens (tertiary/aromatic N) is 2. The van der Waals surface area contributed by atoms with Crippen LogP contribution in [0.4, 0.5) is 0 Å². The van der Waals surface area contributed by atoms with Crippen LogP contribution in [-0.4, -0.2) is 20.4 Å². The van der Waals surface area contributed by atoms with Gasteiger partial charge in [0.25, 0.3) is 5.19 Å². The highest BCUT2D eigenvalue weighted by atomic mass is 32.1. The van der Waals surface area contributed by atoms with Gasteiger partial charge in [0.15, 0.2) is 0 Å². The van der Waals surface area contributed by atoms with Crippen molar-refractivity contribution in [2.45, 2.75) is 13.8 Å². The molecule has 2 aromatic rings. The van der Waals surface area contributed by atoms with E-state index in [0.717, 1.165) is 17.1 Å². The van der Waals surface area contributed by atoms with E-state index in [4.69, 9.17) is 9.84 Å². The van der Waals surface area contributed by atoms with E-state index in [1.165, 1.54) is 6.07 Å². The van der Waals surface area contributed by atoms with Gasteiger partial charge in [-0.3, -0.25) is 0 Å². The van der Waals surface area contributed by atoms with E-state index in [2.05, 4.69) is 9.36 Å². The largest absolute Gasteiger partial charge is 0.478 e. The van der Waals surface area contributed by atoms with Crippen LogP contribution in [0.2, 0.25) is 0 Å². The minimum atomic E-state index is -0.952. The SMILES string of the molecule is Cc1nsc(Oc2ccc(C(=O)O)cc2C)n1. The summed E-state index contributed by atoms with van der Waals surface area (Å²) in [6.07, 6.45) is 0. The molecule has 0 radical (unpaired) electrons. The molecule has 0 fully saturated rings. The molecule has 1 aromatic carbocycles. The molecule has 0 spiro atoms. The molecular weight excluding hydrogens is 240 g/mol. The second-order valence-corrected chi connectivity index (χ2v) is 4.21. The average Bonchev–Trinajstić information content (AvgIpc) is 2.67. The number of carboxylic acids is 1. The molecule has 5 nitrogen and oxygen atoms in total. The van der Waals surface area contributed by atoms with Gasteiger partial charge in [0.05, 0.1) is 5.56 Å². The molecule has 88 valence electrons. The molecule has 0 atom stereocenters. The maximum absolute atomic E-state index is 10.8. The minimum Gasteiger partial charge on any atom is -0.478 e. The second-order valence-electron chi connectivity index (χ2n) is 3.49. The highest BCUT2D eigenvalue weighted by molar-refractivity contribution is 7.07. The van der Waals surface area contributed by atoms with E-state index in [0.29, 0.717) is 16.8 Å². The Morgan fingerprint density at radius 2 is 2.18 bits per heavy atom. The lowest BCUT2D eigenvalue weighted by Gasteiger charge is -2.05. The van der Waals surface area contributed by atoms with E-state index >= 15 is 0 Å². The third kappa shape index (κ3) is 2.59. The van der Waals surface area contributed by atoms with Crippen LogP contribution in [0.5, 0.6) is 10.9 Å². The van der Waals surface area contributed by atoms with Crippen molar-refractivity contribution in [3.05, 3.63) is 35.2 Å². The summed E-state index contributed by atoms with van der Waals surface area (Å²) in [6.45, 7) is 3.57. The van der Waals surface area contributed by atoms with Crippen molar-refractivity contribution in [2.75, 3.05) is 0 Å². The maximum atomic E-state index is 10.8. The molecule has 0 aliphatic carbocycles. The van der Waals surface area contributed by atoms with E-state index < -0.39 is 5.97 Å². The van der Waals surface area contributed by atoms with Crippen molar-refractivity contribution in [1.29, 1.82) is 0 Å². The van der Waals surface area contributed by atoms with Crippen molar-refractivity contribution < 1.29 is 14.6 Å². The fourth-order valence-electron chi connectivity index (χ4n) is 1.31. The molecule has 1 heterocycles. The zero-order valence-electron chi connectivity index (χ0n) is 9.30. The van der Waals surface area contributed by atoms with Gasteiger partial charge >= 0.3 is 5.97 Å². The van der Waals surface area contributed by atoms with Crippen LogP contribution >= 0.6 is 11.5 Å². The topological polar surface area (TPSA) is 72.3 Å². The van der Waals surface area contributed by atoms with Crippen LogP contribution in [0.1, 0.15) is 21.7 Å². The average molecular weight is 250 g/mol. The Morgan fingerprint density at radius 1 is 1.41 bits per heavy atom. The first kappa shape index (κ1) is 11.5. The summed E-state index contributed by atoms with van der Waals surface area (Å²) in [5, 5.41) is 9.28. The fourth-order valence-corrected chi connectivity index (χ4v) is 1.86. The molecule has 0 aliphatic heterocycles. The fraction of sp³-hybridized carbons (Fsp3) is 0.182. The van der Waals surface area contributed by atoms with E-state index in [-0.39, 0.29) is 5.56 Å². The monoisotopic (exact) mass is 250 g/mol. The lowest BCUT2D eigenvalue weighted by atomic mass is 10.1. The minimum absolute atomic E-state index is 0.239. The number of carboxylic acid groups (broad SMARTS) is 1. The highest BCUT2D eigenvalue weighted by Gasteiger charge is 2.09. The van der Waals surface area contributed by atoms with Gasteiger partial charge in [-0.2, -0.15) is 9.36 Å². The second kappa shape index (κ2) is 4.50. The Hall–Kier alpha value is -1.95. The maximum Gasteiger partial charge on any atom is 0.335 e. The van der Waals surface area contributed by atoms with Gasteiger partial charge in [-0.05, 0) is 37.6 Å². The van der Waals surface area contributed by atoms with Crippen LogP contribution in [0.25, 0.3) is 0 Å². The van der Waals surface area contributed by atoms with Crippen molar-refractivity contribution in [1.82, 2.24) is 9.36 Å². The van der Waals surface area contributed by atoms with E-state index in [9.17, 15) is 4.79 Å². The molecular formula is C11H10N2O3S. The molecule has 17 heavy (non-hydrogen) atoms. The van der Waals surface area contributed by atoms with Gasteiger partial charge < -0.3 is 9.84 Å². The molecule has 0 saturated carbocycles. The number of hydrogen-bond acceptors (Lipinski definition) is 5. The third-order valence-electron chi connectivity index (χ3n) is 2.13. The lowest BCUT2D eigenvalue weighted by molar-refractivity contribution is 0.0697. The summed E-state index contributed by atoms with van der Waals surface area (Å²) in [5.41, 5.74) is 0.987. The number of hydrogen-bond donors (Lipinski definition) is 1. The molecule has 0 bridgehead atoms. The summed E-state index contributed by atoms with van der Waals surface area (Å²) >= 11 is 1.16. The summed E-state index contributed by atoms with van der Waals surface area (Å²) < 4.78 is 9.52. The van der Waals surface area contributed by atoms with Crippen molar-refractivity contribution in [2.24, 2.45) is 0 Å². The number of aryl methyl sites for hydroxylation is 2. The molecule has 1 aromatic heterocycles. The molecule has 0 aliphatic rings. The van der Waals surface area contributed by atoms with Gasteiger partial charge in [-0.15, -0.1) is 0 Å². The Kier molecular flexibility index (Phi) is 3.06. The summed E-state index contributed by atoms with van der Waals surface area (Å²) in [5.74, 6) is 0.294. The molecule has 2 rings (SSSR count). The van der Waals surface area contributed by atoms with Gasteiger partial charge in [0.2, 0.25) is 0 Å². The first-order chi connectivity index (χ1) is 8.06. The van der Waals surface area contributed by atoms with Gasteiger partial charge in [0.1, 0.15) is 11.6 Å².